The molecule has 0 spiro atoms. The van der Waals surface area contributed by atoms with E-state index < -0.39 is 23.2 Å². The first kappa shape index (κ1) is 17.7. The molecule has 2 aromatic rings. The first-order chi connectivity index (χ1) is 10.7. The first-order valence-corrected chi connectivity index (χ1v) is 7.65. The topological polar surface area (TPSA) is 64.0 Å². The first-order valence-electron chi connectivity index (χ1n) is 6.06. The predicted octanol–water partition coefficient (Wildman–Crippen LogP) is 3.43. The van der Waals surface area contributed by atoms with Gasteiger partial charge in [0.15, 0.2) is 0 Å². The Morgan fingerprint density at radius 2 is 1.83 bits per heavy atom. The minimum Gasteiger partial charge on any atom is -0.324 e. The highest BCUT2D eigenvalue weighted by Crippen LogP contribution is 2.29. The minimum absolute atomic E-state index is 0.187. The molecule has 0 aliphatic heterocycles. The van der Waals surface area contributed by atoms with E-state index in [4.69, 9.17) is 0 Å². The summed E-state index contributed by atoms with van der Waals surface area (Å²) in [6, 6.07) is 3.98. The van der Waals surface area contributed by atoms with Gasteiger partial charge in [0.1, 0.15) is 11.0 Å². The molecule has 1 N–H and O–H groups in total. The zero-order valence-corrected chi connectivity index (χ0v) is 14.4. The van der Waals surface area contributed by atoms with E-state index in [9.17, 15) is 22.8 Å². The molecule has 0 saturated carbocycles. The van der Waals surface area contributed by atoms with Gasteiger partial charge in [0, 0.05) is 5.69 Å². The van der Waals surface area contributed by atoms with Gasteiger partial charge in [-0.15, -0.1) is 0 Å². The maximum atomic E-state index is 12.4. The molecule has 0 aliphatic rings. The van der Waals surface area contributed by atoms with Crippen molar-refractivity contribution < 1.29 is 18.0 Å². The number of carbonyl (C=O) groups excluding carboxylic acids is 1. The molecular formula is C13H8Br2F3N3O2. The Labute approximate surface area is 144 Å². The number of carbonyl (C=O) groups is 1. The summed E-state index contributed by atoms with van der Waals surface area (Å²) in [6.07, 6.45) is -3.10. The fourth-order valence-corrected chi connectivity index (χ4v) is 2.20. The van der Waals surface area contributed by atoms with Crippen LogP contribution in [0.4, 0.5) is 18.9 Å². The number of hydrogen-bond acceptors (Lipinski definition) is 3. The number of hydrogen-bond donors (Lipinski definition) is 1. The molecule has 122 valence electrons. The molecular weight excluding hydrogens is 447 g/mol. The third-order valence-corrected chi connectivity index (χ3v) is 4.63. The van der Waals surface area contributed by atoms with Crippen molar-refractivity contribution in [3.05, 3.63) is 55.3 Å². The molecule has 0 radical (unpaired) electrons. The molecule has 2 rings (SSSR count). The summed E-state index contributed by atoms with van der Waals surface area (Å²) >= 11 is 6.16. The van der Waals surface area contributed by atoms with Crippen LogP contribution in [0.5, 0.6) is 0 Å². The zero-order valence-electron chi connectivity index (χ0n) is 11.2. The second kappa shape index (κ2) is 6.83. The number of nitrogens with one attached hydrogen (secondary N) is 1. The second-order valence-electron chi connectivity index (χ2n) is 4.39. The van der Waals surface area contributed by atoms with Gasteiger partial charge in [0.05, 0.1) is 16.2 Å². The van der Waals surface area contributed by atoms with Crippen molar-refractivity contribution in [1.82, 2.24) is 9.78 Å². The predicted molar refractivity (Wildman–Crippen MR) is 84.0 cm³/mol. The summed E-state index contributed by atoms with van der Waals surface area (Å²) in [5, 5.41) is 6.18. The minimum atomic E-state index is -4.44. The zero-order chi connectivity index (χ0) is 17.2. The largest absolute Gasteiger partial charge is 0.416 e. The lowest BCUT2D eigenvalue weighted by Gasteiger charge is -2.09. The monoisotopic (exact) mass is 453 g/mol. The Bertz CT molecular complexity index is 789. The SMILES string of the molecule is O=C(Cn1ncc(Br)c(Br)c1=O)Nc1ccc(C(F)(F)F)cc1. The maximum Gasteiger partial charge on any atom is 0.416 e. The fourth-order valence-electron chi connectivity index (χ4n) is 1.64. The number of aromatic nitrogens is 2. The van der Waals surface area contributed by atoms with Crippen LogP contribution in [0.25, 0.3) is 0 Å². The fraction of sp³-hybridized carbons (Fsp3) is 0.154. The number of rotatable bonds is 3. The van der Waals surface area contributed by atoms with Crippen LogP contribution in [-0.4, -0.2) is 15.7 Å². The van der Waals surface area contributed by atoms with Gasteiger partial charge in [-0.25, -0.2) is 4.68 Å². The Morgan fingerprint density at radius 1 is 1.22 bits per heavy atom. The molecule has 0 bridgehead atoms. The van der Waals surface area contributed by atoms with Gasteiger partial charge < -0.3 is 5.32 Å². The Balaban J connectivity index is 2.08. The van der Waals surface area contributed by atoms with Gasteiger partial charge in [-0.2, -0.15) is 18.3 Å². The summed E-state index contributed by atoms with van der Waals surface area (Å²) < 4.78 is 38.9. The normalized spacial score (nSPS) is 11.3. The molecule has 1 heterocycles. The van der Waals surface area contributed by atoms with Gasteiger partial charge in [-0.05, 0) is 56.1 Å². The van der Waals surface area contributed by atoms with E-state index in [-0.39, 0.29) is 16.7 Å². The van der Waals surface area contributed by atoms with E-state index in [0.717, 1.165) is 28.9 Å². The van der Waals surface area contributed by atoms with Crippen LogP contribution in [-0.2, 0) is 17.5 Å². The number of benzene rings is 1. The highest BCUT2D eigenvalue weighted by molar-refractivity contribution is 9.13. The number of anilines is 1. The van der Waals surface area contributed by atoms with Crippen molar-refractivity contribution in [3.8, 4) is 0 Å². The van der Waals surface area contributed by atoms with Crippen LogP contribution in [0.15, 0.2) is 44.2 Å². The number of halogens is 5. The molecule has 1 aromatic heterocycles. The smallest absolute Gasteiger partial charge is 0.324 e. The average molecular weight is 455 g/mol. The molecule has 1 amide bonds. The number of alkyl halides is 3. The van der Waals surface area contributed by atoms with Gasteiger partial charge in [-0.1, -0.05) is 0 Å². The van der Waals surface area contributed by atoms with Gasteiger partial charge in [0.2, 0.25) is 5.91 Å². The quantitative estimate of drug-likeness (QED) is 0.772. The van der Waals surface area contributed by atoms with Gasteiger partial charge >= 0.3 is 6.18 Å². The summed E-state index contributed by atoms with van der Waals surface area (Å²) in [5.74, 6) is -0.589. The van der Waals surface area contributed by atoms with Crippen molar-refractivity contribution in [2.24, 2.45) is 0 Å². The Hall–Kier alpha value is -1.68. The van der Waals surface area contributed by atoms with E-state index in [2.05, 4.69) is 42.3 Å². The molecule has 1 aromatic carbocycles. The highest BCUT2D eigenvalue weighted by Gasteiger charge is 2.29. The summed E-state index contributed by atoms with van der Waals surface area (Å²) in [4.78, 5) is 23.7. The van der Waals surface area contributed by atoms with Crippen LogP contribution < -0.4 is 10.9 Å². The van der Waals surface area contributed by atoms with Crippen LogP contribution in [0, 0.1) is 0 Å². The third-order valence-electron chi connectivity index (χ3n) is 2.73. The third kappa shape index (κ3) is 4.41. The number of amides is 1. The summed E-state index contributed by atoms with van der Waals surface area (Å²) in [7, 11) is 0. The molecule has 23 heavy (non-hydrogen) atoms. The van der Waals surface area contributed by atoms with Crippen molar-refractivity contribution in [3.63, 3.8) is 0 Å². The van der Waals surface area contributed by atoms with E-state index in [1.807, 2.05) is 0 Å². The Morgan fingerprint density at radius 3 is 2.39 bits per heavy atom. The standard InChI is InChI=1S/C13H8Br2F3N3O2/c14-9-5-19-21(12(23)11(9)15)6-10(22)20-8-3-1-7(2-4-8)13(16,17)18/h1-5H,6H2,(H,20,22). The summed E-state index contributed by atoms with van der Waals surface area (Å²) in [5.41, 5.74) is -1.14. The van der Waals surface area contributed by atoms with Crippen LogP contribution in [0.1, 0.15) is 5.56 Å². The Kier molecular flexibility index (Phi) is 5.25. The van der Waals surface area contributed by atoms with Crippen molar-refractivity contribution in [2.75, 3.05) is 5.32 Å². The van der Waals surface area contributed by atoms with E-state index in [0.29, 0.717) is 4.47 Å². The maximum absolute atomic E-state index is 12.4. The van der Waals surface area contributed by atoms with Gasteiger partial charge in [0.25, 0.3) is 5.56 Å². The average Bonchev–Trinajstić information content (AvgIpc) is 2.47. The van der Waals surface area contributed by atoms with Crippen LogP contribution in [0.2, 0.25) is 0 Å². The molecule has 0 fully saturated rings. The molecule has 0 aliphatic carbocycles. The summed E-state index contributed by atoms with van der Waals surface area (Å²) in [6.45, 7) is -0.369. The number of nitrogens with zero attached hydrogens (tertiary/aromatic N) is 2. The van der Waals surface area contributed by atoms with E-state index in [1.165, 1.54) is 6.20 Å². The molecule has 0 unspecified atom stereocenters. The highest BCUT2D eigenvalue weighted by atomic mass is 79.9. The van der Waals surface area contributed by atoms with Crippen molar-refractivity contribution in [2.45, 2.75) is 12.7 Å². The van der Waals surface area contributed by atoms with E-state index in [1.54, 1.807) is 0 Å². The van der Waals surface area contributed by atoms with Crippen molar-refractivity contribution in [1.29, 1.82) is 0 Å². The molecule has 10 heteroatoms. The molecule has 0 saturated heterocycles. The lowest BCUT2D eigenvalue weighted by Crippen LogP contribution is -2.30. The van der Waals surface area contributed by atoms with E-state index >= 15 is 0 Å². The molecule has 5 nitrogen and oxygen atoms in total. The van der Waals surface area contributed by atoms with Crippen LogP contribution >= 0.6 is 31.9 Å². The lowest BCUT2D eigenvalue weighted by atomic mass is 10.2. The lowest BCUT2D eigenvalue weighted by molar-refractivity contribution is -0.137. The second-order valence-corrected chi connectivity index (χ2v) is 6.04. The van der Waals surface area contributed by atoms with Crippen LogP contribution in [0.3, 0.4) is 0 Å². The molecule has 0 atom stereocenters. The van der Waals surface area contributed by atoms with Crippen molar-refractivity contribution >= 4 is 43.5 Å². The van der Waals surface area contributed by atoms with Gasteiger partial charge in [-0.3, -0.25) is 9.59 Å².